The van der Waals surface area contributed by atoms with Gasteiger partial charge in [0.25, 0.3) is 0 Å². The standard InChI is InChI=1S/C6H6N2O3S/c1-3(10)11-5-4(2-9)8-6(7)12-5/h2H,1H3,(H2,7,8). The highest BCUT2D eigenvalue weighted by Gasteiger charge is 2.11. The Morgan fingerprint density at radius 1 is 1.75 bits per heavy atom. The van der Waals surface area contributed by atoms with Gasteiger partial charge >= 0.3 is 5.97 Å². The van der Waals surface area contributed by atoms with Crippen LogP contribution in [0.15, 0.2) is 0 Å². The van der Waals surface area contributed by atoms with E-state index in [-0.39, 0.29) is 15.9 Å². The Balaban J connectivity index is 2.96. The minimum absolute atomic E-state index is 0.0627. The van der Waals surface area contributed by atoms with Gasteiger partial charge in [0.05, 0.1) is 0 Å². The van der Waals surface area contributed by atoms with E-state index >= 15 is 0 Å². The van der Waals surface area contributed by atoms with Crippen LogP contribution >= 0.6 is 11.3 Å². The molecule has 0 saturated carbocycles. The topological polar surface area (TPSA) is 82.3 Å². The van der Waals surface area contributed by atoms with Crippen molar-refractivity contribution in [1.82, 2.24) is 4.98 Å². The summed E-state index contributed by atoms with van der Waals surface area (Å²) in [6.45, 7) is 1.24. The average molecular weight is 186 g/mol. The number of rotatable bonds is 2. The number of carbonyl (C=O) groups is 2. The average Bonchev–Trinajstić information content (AvgIpc) is 2.29. The zero-order valence-corrected chi connectivity index (χ0v) is 7.05. The minimum Gasteiger partial charge on any atom is -0.413 e. The summed E-state index contributed by atoms with van der Waals surface area (Å²) in [5, 5.41) is 0.350. The molecule has 2 N–H and O–H groups in total. The van der Waals surface area contributed by atoms with Gasteiger partial charge in [-0.2, -0.15) is 0 Å². The molecule has 5 nitrogen and oxygen atoms in total. The van der Waals surface area contributed by atoms with Gasteiger partial charge in [0.2, 0.25) is 5.06 Å². The summed E-state index contributed by atoms with van der Waals surface area (Å²) in [4.78, 5) is 24.4. The highest BCUT2D eigenvalue weighted by molar-refractivity contribution is 7.17. The van der Waals surface area contributed by atoms with E-state index in [1.54, 1.807) is 0 Å². The lowest BCUT2D eigenvalue weighted by molar-refractivity contribution is -0.131. The van der Waals surface area contributed by atoms with Crippen LogP contribution in [-0.4, -0.2) is 17.2 Å². The zero-order valence-electron chi connectivity index (χ0n) is 6.23. The minimum atomic E-state index is -0.498. The molecule has 0 aliphatic carbocycles. The van der Waals surface area contributed by atoms with Gasteiger partial charge in [-0.15, -0.1) is 0 Å². The van der Waals surface area contributed by atoms with Crippen molar-refractivity contribution in [3.05, 3.63) is 5.69 Å². The van der Waals surface area contributed by atoms with E-state index in [1.807, 2.05) is 0 Å². The van der Waals surface area contributed by atoms with E-state index in [0.717, 1.165) is 11.3 Å². The predicted molar refractivity (Wildman–Crippen MR) is 43.2 cm³/mol. The van der Waals surface area contributed by atoms with Crippen molar-refractivity contribution in [2.75, 3.05) is 5.73 Å². The van der Waals surface area contributed by atoms with Gasteiger partial charge in [-0.3, -0.25) is 9.59 Å². The molecule has 0 amide bonds. The number of hydrogen-bond donors (Lipinski definition) is 1. The number of thiazole rings is 1. The summed E-state index contributed by atoms with van der Waals surface area (Å²) in [6.07, 6.45) is 0.491. The summed E-state index contributed by atoms with van der Waals surface area (Å²) in [6, 6.07) is 0. The molecule has 1 aromatic rings. The van der Waals surface area contributed by atoms with Gasteiger partial charge in [-0.1, -0.05) is 11.3 Å². The molecular weight excluding hydrogens is 180 g/mol. The Labute approximate surface area is 72.2 Å². The van der Waals surface area contributed by atoms with E-state index in [0.29, 0.717) is 6.29 Å². The zero-order chi connectivity index (χ0) is 9.14. The first kappa shape index (κ1) is 8.66. The molecule has 0 saturated heterocycles. The van der Waals surface area contributed by atoms with Gasteiger partial charge in [0.1, 0.15) is 0 Å². The molecular formula is C6H6N2O3S. The molecule has 6 heteroatoms. The molecule has 0 bridgehead atoms. The first-order chi connectivity index (χ1) is 5.63. The molecule has 1 heterocycles. The second kappa shape index (κ2) is 3.31. The Morgan fingerprint density at radius 2 is 2.42 bits per heavy atom. The second-order valence-corrected chi connectivity index (χ2v) is 2.93. The molecule has 0 unspecified atom stereocenters. The van der Waals surface area contributed by atoms with Crippen molar-refractivity contribution in [3.63, 3.8) is 0 Å². The second-order valence-electron chi connectivity index (χ2n) is 1.94. The molecule has 1 rings (SSSR count). The normalized spacial score (nSPS) is 9.42. The smallest absolute Gasteiger partial charge is 0.308 e. The summed E-state index contributed by atoms with van der Waals surface area (Å²) in [5.41, 5.74) is 5.35. The van der Waals surface area contributed by atoms with Crippen LogP contribution in [0.5, 0.6) is 5.06 Å². The molecule has 0 aliphatic heterocycles. The number of aldehydes is 1. The van der Waals surface area contributed by atoms with E-state index in [4.69, 9.17) is 5.73 Å². The lowest BCUT2D eigenvalue weighted by Crippen LogP contribution is -2.01. The number of nitrogens with zero attached hydrogens (tertiary/aromatic N) is 1. The molecule has 64 valence electrons. The number of aromatic nitrogens is 1. The summed E-state index contributed by atoms with van der Waals surface area (Å²) in [7, 11) is 0. The maximum Gasteiger partial charge on any atom is 0.308 e. The van der Waals surface area contributed by atoms with E-state index in [9.17, 15) is 9.59 Å². The molecule has 12 heavy (non-hydrogen) atoms. The molecule has 0 radical (unpaired) electrons. The van der Waals surface area contributed by atoms with Crippen molar-refractivity contribution in [2.24, 2.45) is 0 Å². The number of nitrogen functional groups attached to an aromatic ring is 1. The SMILES string of the molecule is CC(=O)Oc1sc(N)nc1C=O. The van der Waals surface area contributed by atoms with Crippen molar-refractivity contribution >= 4 is 28.7 Å². The van der Waals surface area contributed by atoms with Crippen molar-refractivity contribution in [1.29, 1.82) is 0 Å². The fraction of sp³-hybridized carbons (Fsp3) is 0.167. The predicted octanol–water partition coefficient (Wildman–Crippen LogP) is 0.463. The summed E-state index contributed by atoms with van der Waals surface area (Å²) >= 11 is 0.960. The van der Waals surface area contributed by atoms with Crippen LogP contribution in [0.2, 0.25) is 0 Å². The fourth-order valence-electron chi connectivity index (χ4n) is 0.613. The summed E-state index contributed by atoms with van der Waals surface area (Å²) in [5.74, 6) is -0.498. The third-order valence-corrected chi connectivity index (χ3v) is 1.76. The number of esters is 1. The van der Waals surface area contributed by atoms with Crippen molar-refractivity contribution in [3.8, 4) is 5.06 Å². The van der Waals surface area contributed by atoms with Crippen LogP contribution < -0.4 is 10.5 Å². The van der Waals surface area contributed by atoms with E-state index < -0.39 is 5.97 Å². The molecule has 0 aliphatic rings. The number of hydrogen-bond acceptors (Lipinski definition) is 6. The van der Waals surface area contributed by atoms with Gasteiger partial charge in [0.15, 0.2) is 17.1 Å². The molecule has 0 fully saturated rings. The summed E-state index contributed by atoms with van der Waals surface area (Å²) < 4.78 is 4.66. The molecule has 0 atom stereocenters. The lowest BCUT2D eigenvalue weighted by Gasteiger charge is -1.93. The van der Waals surface area contributed by atoms with Crippen LogP contribution in [0.3, 0.4) is 0 Å². The van der Waals surface area contributed by atoms with Gasteiger partial charge in [0, 0.05) is 6.92 Å². The maximum atomic E-state index is 10.5. The Kier molecular flexibility index (Phi) is 2.39. The number of anilines is 1. The van der Waals surface area contributed by atoms with Gasteiger partial charge in [-0.05, 0) is 0 Å². The molecule has 0 spiro atoms. The first-order valence-electron chi connectivity index (χ1n) is 3.03. The number of nitrogens with two attached hydrogens (primary N) is 1. The van der Waals surface area contributed by atoms with Gasteiger partial charge < -0.3 is 10.5 Å². The van der Waals surface area contributed by atoms with Crippen molar-refractivity contribution in [2.45, 2.75) is 6.92 Å². The van der Waals surface area contributed by atoms with Gasteiger partial charge in [-0.25, -0.2) is 4.98 Å². The largest absolute Gasteiger partial charge is 0.413 e. The Bertz CT molecular complexity index is 321. The highest BCUT2D eigenvalue weighted by atomic mass is 32.1. The third-order valence-electron chi connectivity index (χ3n) is 0.985. The number of ether oxygens (including phenoxy) is 1. The molecule has 0 aromatic carbocycles. The quantitative estimate of drug-likeness (QED) is 0.536. The van der Waals surface area contributed by atoms with Crippen LogP contribution in [-0.2, 0) is 4.79 Å². The third kappa shape index (κ3) is 1.79. The number of carbonyl (C=O) groups excluding carboxylic acids is 2. The Hall–Kier alpha value is -1.43. The van der Waals surface area contributed by atoms with E-state index in [1.165, 1.54) is 6.92 Å². The monoisotopic (exact) mass is 186 g/mol. The van der Waals surface area contributed by atoms with E-state index in [2.05, 4.69) is 9.72 Å². The van der Waals surface area contributed by atoms with Crippen LogP contribution in [0.1, 0.15) is 17.4 Å². The fourth-order valence-corrected chi connectivity index (χ4v) is 1.30. The molecule has 1 aromatic heterocycles. The lowest BCUT2D eigenvalue weighted by atomic mass is 10.5. The maximum absolute atomic E-state index is 10.5. The first-order valence-corrected chi connectivity index (χ1v) is 3.85. The van der Waals surface area contributed by atoms with Crippen LogP contribution in [0.25, 0.3) is 0 Å². The van der Waals surface area contributed by atoms with Crippen LogP contribution in [0, 0.1) is 0 Å². The van der Waals surface area contributed by atoms with Crippen molar-refractivity contribution < 1.29 is 14.3 Å². The van der Waals surface area contributed by atoms with Crippen LogP contribution in [0.4, 0.5) is 5.13 Å². The Morgan fingerprint density at radius 3 is 2.92 bits per heavy atom. The highest BCUT2D eigenvalue weighted by Crippen LogP contribution is 2.27.